The number of ether oxygens (including phenoxy) is 1. The van der Waals surface area contributed by atoms with Gasteiger partial charge in [0.15, 0.2) is 0 Å². The summed E-state index contributed by atoms with van der Waals surface area (Å²) in [6.07, 6.45) is 4.40. The van der Waals surface area contributed by atoms with Gasteiger partial charge in [-0.3, -0.25) is 4.79 Å². The quantitative estimate of drug-likeness (QED) is 0.853. The van der Waals surface area contributed by atoms with Crippen molar-refractivity contribution in [3.05, 3.63) is 17.8 Å². The molecule has 0 spiro atoms. The van der Waals surface area contributed by atoms with Gasteiger partial charge in [0.05, 0.1) is 18.0 Å². The molecule has 3 N–H and O–H groups in total. The van der Waals surface area contributed by atoms with E-state index in [4.69, 9.17) is 10.5 Å². The number of hydrogen-bond donors (Lipinski definition) is 2. The van der Waals surface area contributed by atoms with Crippen molar-refractivity contribution in [3.63, 3.8) is 0 Å². The predicted octanol–water partition coefficient (Wildman–Crippen LogP) is 2.12. The van der Waals surface area contributed by atoms with Crippen LogP contribution in [0.4, 0.5) is 11.5 Å². The highest BCUT2D eigenvalue weighted by Gasteiger charge is 2.31. The van der Waals surface area contributed by atoms with E-state index in [1.165, 1.54) is 0 Å². The summed E-state index contributed by atoms with van der Waals surface area (Å²) in [6, 6.07) is 1.80. The largest absolute Gasteiger partial charge is 0.397 e. The second-order valence-electron chi connectivity index (χ2n) is 5.10. The minimum atomic E-state index is 0.0142. The number of hydrogen-bond acceptors (Lipinski definition) is 4. The number of carbonyl (C=O) groups is 1. The molecule has 1 fully saturated rings. The molecular formula is C14H21N3O2. The summed E-state index contributed by atoms with van der Waals surface area (Å²) in [5, 5.41) is 2.84. The second-order valence-corrected chi connectivity index (χ2v) is 5.10. The molecule has 0 aliphatic heterocycles. The van der Waals surface area contributed by atoms with Crippen molar-refractivity contribution in [2.75, 3.05) is 17.7 Å². The van der Waals surface area contributed by atoms with Gasteiger partial charge in [-0.25, -0.2) is 4.98 Å². The van der Waals surface area contributed by atoms with E-state index in [9.17, 15) is 4.79 Å². The SMILES string of the molecule is CCOC1CC(CC(=O)Nc2ncc(N)cc2C)C1. The zero-order valence-electron chi connectivity index (χ0n) is 11.5. The molecule has 0 saturated heterocycles. The molecule has 0 bridgehead atoms. The Kier molecular flexibility index (Phi) is 4.37. The van der Waals surface area contributed by atoms with Crippen molar-refractivity contribution >= 4 is 17.4 Å². The van der Waals surface area contributed by atoms with E-state index in [0.717, 1.165) is 25.0 Å². The molecule has 2 rings (SSSR count). The van der Waals surface area contributed by atoms with Crippen molar-refractivity contribution in [2.24, 2.45) is 5.92 Å². The summed E-state index contributed by atoms with van der Waals surface area (Å²) in [5.41, 5.74) is 7.11. The van der Waals surface area contributed by atoms with Crippen molar-refractivity contribution in [1.29, 1.82) is 0 Å². The zero-order valence-corrected chi connectivity index (χ0v) is 11.5. The predicted molar refractivity (Wildman–Crippen MR) is 74.8 cm³/mol. The summed E-state index contributed by atoms with van der Waals surface area (Å²) in [4.78, 5) is 16.0. The van der Waals surface area contributed by atoms with Crippen LogP contribution in [0.25, 0.3) is 0 Å². The summed E-state index contributed by atoms with van der Waals surface area (Å²) >= 11 is 0. The number of rotatable bonds is 5. The first kappa shape index (κ1) is 13.8. The standard InChI is InChI=1S/C14H21N3O2/c1-3-19-12-5-10(6-12)7-13(18)17-14-9(2)4-11(15)8-16-14/h4,8,10,12H,3,5-7,15H2,1-2H3,(H,16,17,18). The van der Waals surface area contributed by atoms with E-state index >= 15 is 0 Å². The van der Waals surface area contributed by atoms with Gasteiger partial charge < -0.3 is 15.8 Å². The van der Waals surface area contributed by atoms with Gasteiger partial charge in [-0.05, 0) is 44.2 Å². The molecule has 1 aromatic heterocycles. The van der Waals surface area contributed by atoms with Crippen LogP contribution in [0.1, 0.15) is 31.7 Å². The van der Waals surface area contributed by atoms with Crippen LogP contribution in [0.15, 0.2) is 12.3 Å². The Bertz CT molecular complexity index is 456. The molecule has 0 unspecified atom stereocenters. The van der Waals surface area contributed by atoms with Crippen molar-refractivity contribution in [3.8, 4) is 0 Å². The highest BCUT2D eigenvalue weighted by atomic mass is 16.5. The Balaban J connectivity index is 1.79. The van der Waals surface area contributed by atoms with Gasteiger partial charge in [-0.15, -0.1) is 0 Å². The molecule has 1 saturated carbocycles. The van der Waals surface area contributed by atoms with Crippen LogP contribution < -0.4 is 11.1 Å². The van der Waals surface area contributed by atoms with Crippen molar-refractivity contribution in [1.82, 2.24) is 4.98 Å². The first-order chi connectivity index (χ1) is 9.08. The summed E-state index contributed by atoms with van der Waals surface area (Å²) in [7, 11) is 0. The maximum Gasteiger partial charge on any atom is 0.225 e. The summed E-state index contributed by atoms with van der Waals surface area (Å²) in [6.45, 7) is 4.63. The van der Waals surface area contributed by atoms with Crippen LogP contribution in [-0.2, 0) is 9.53 Å². The van der Waals surface area contributed by atoms with E-state index in [1.807, 2.05) is 13.8 Å². The van der Waals surface area contributed by atoms with Crippen LogP contribution in [0.3, 0.4) is 0 Å². The monoisotopic (exact) mass is 263 g/mol. The number of aryl methyl sites for hydroxylation is 1. The molecule has 0 radical (unpaired) electrons. The Hall–Kier alpha value is -1.62. The Labute approximate surface area is 113 Å². The third-order valence-electron chi connectivity index (χ3n) is 3.43. The van der Waals surface area contributed by atoms with Crippen LogP contribution in [-0.4, -0.2) is 23.6 Å². The van der Waals surface area contributed by atoms with E-state index in [0.29, 0.717) is 29.9 Å². The fourth-order valence-electron chi connectivity index (χ4n) is 2.39. The smallest absolute Gasteiger partial charge is 0.225 e. The first-order valence-corrected chi connectivity index (χ1v) is 6.72. The number of pyridine rings is 1. The van der Waals surface area contributed by atoms with Gasteiger partial charge in [0, 0.05) is 13.0 Å². The Morgan fingerprint density at radius 1 is 1.58 bits per heavy atom. The average molecular weight is 263 g/mol. The normalized spacial score (nSPS) is 21.8. The number of aromatic nitrogens is 1. The third kappa shape index (κ3) is 3.67. The zero-order chi connectivity index (χ0) is 13.8. The molecule has 104 valence electrons. The van der Waals surface area contributed by atoms with Crippen LogP contribution in [0, 0.1) is 12.8 Å². The molecule has 5 nitrogen and oxygen atoms in total. The van der Waals surface area contributed by atoms with Gasteiger partial charge >= 0.3 is 0 Å². The molecular weight excluding hydrogens is 242 g/mol. The van der Waals surface area contributed by atoms with E-state index in [2.05, 4.69) is 10.3 Å². The van der Waals surface area contributed by atoms with E-state index in [-0.39, 0.29) is 5.91 Å². The first-order valence-electron chi connectivity index (χ1n) is 6.72. The Morgan fingerprint density at radius 2 is 2.32 bits per heavy atom. The Morgan fingerprint density at radius 3 is 2.95 bits per heavy atom. The van der Waals surface area contributed by atoms with Gasteiger partial charge in [0.25, 0.3) is 0 Å². The van der Waals surface area contributed by atoms with Gasteiger partial charge in [-0.1, -0.05) is 0 Å². The fourth-order valence-corrected chi connectivity index (χ4v) is 2.39. The lowest BCUT2D eigenvalue weighted by atomic mass is 9.80. The topological polar surface area (TPSA) is 77.2 Å². The van der Waals surface area contributed by atoms with E-state index < -0.39 is 0 Å². The minimum absolute atomic E-state index is 0.0142. The van der Waals surface area contributed by atoms with Gasteiger partial charge in [0.2, 0.25) is 5.91 Å². The number of carbonyl (C=O) groups excluding carboxylic acids is 1. The highest BCUT2D eigenvalue weighted by Crippen LogP contribution is 2.32. The van der Waals surface area contributed by atoms with Gasteiger partial charge in [-0.2, -0.15) is 0 Å². The minimum Gasteiger partial charge on any atom is -0.397 e. The third-order valence-corrected chi connectivity index (χ3v) is 3.43. The lowest BCUT2D eigenvalue weighted by Gasteiger charge is -2.34. The number of amides is 1. The molecule has 1 aromatic rings. The number of anilines is 2. The molecule has 1 amide bonds. The molecule has 0 aromatic carbocycles. The highest BCUT2D eigenvalue weighted by molar-refractivity contribution is 5.90. The van der Waals surface area contributed by atoms with Gasteiger partial charge in [0.1, 0.15) is 5.82 Å². The average Bonchev–Trinajstić information content (AvgIpc) is 2.30. The number of nitrogens with one attached hydrogen (secondary N) is 1. The number of nitrogens with two attached hydrogens (primary N) is 1. The van der Waals surface area contributed by atoms with Crippen LogP contribution in [0.5, 0.6) is 0 Å². The maximum atomic E-state index is 11.9. The van der Waals surface area contributed by atoms with Crippen molar-refractivity contribution < 1.29 is 9.53 Å². The lowest BCUT2D eigenvalue weighted by molar-refractivity contribution is -0.119. The fraction of sp³-hybridized carbons (Fsp3) is 0.571. The molecule has 0 atom stereocenters. The maximum absolute atomic E-state index is 11.9. The number of nitrogens with zero attached hydrogens (tertiary/aromatic N) is 1. The molecule has 19 heavy (non-hydrogen) atoms. The summed E-state index contributed by atoms with van der Waals surface area (Å²) < 4.78 is 5.48. The van der Waals surface area contributed by atoms with Crippen molar-refractivity contribution in [2.45, 2.75) is 39.2 Å². The second kappa shape index (κ2) is 6.02. The van der Waals surface area contributed by atoms with Crippen LogP contribution >= 0.6 is 0 Å². The van der Waals surface area contributed by atoms with E-state index in [1.54, 1.807) is 12.3 Å². The molecule has 1 aliphatic carbocycles. The summed E-state index contributed by atoms with van der Waals surface area (Å²) in [5.74, 6) is 1.05. The molecule has 5 heteroatoms. The lowest BCUT2D eigenvalue weighted by Crippen LogP contribution is -2.34. The molecule has 1 aliphatic rings. The van der Waals surface area contributed by atoms with Crippen LogP contribution in [0.2, 0.25) is 0 Å². The molecule has 1 heterocycles. The number of nitrogen functional groups attached to an aromatic ring is 1.